The molecule has 8 heteroatoms. The van der Waals surface area contributed by atoms with Crippen LogP contribution in [0.1, 0.15) is 18.5 Å². The first-order valence-corrected chi connectivity index (χ1v) is 10.4. The van der Waals surface area contributed by atoms with E-state index in [9.17, 15) is 14.0 Å². The highest BCUT2D eigenvalue weighted by Crippen LogP contribution is 2.31. The third-order valence-electron chi connectivity index (χ3n) is 4.69. The van der Waals surface area contributed by atoms with E-state index < -0.39 is 0 Å². The Hall–Kier alpha value is -3.03. The number of rotatable bonds is 5. The Morgan fingerprint density at radius 3 is 2.60 bits per heavy atom. The van der Waals surface area contributed by atoms with E-state index in [2.05, 4.69) is 10.3 Å². The number of fused-ring (bicyclic) bond motifs is 1. The number of hydrogen-bond donors (Lipinski definition) is 1. The second-order valence-electron chi connectivity index (χ2n) is 6.85. The summed E-state index contributed by atoms with van der Waals surface area (Å²) < 4.78 is 14.8. The molecule has 4 rings (SSSR count). The largest absolute Gasteiger partial charge is 0.348 e. The molecule has 1 unspecified atom stereocenters. The molecule has 2 aromatic heterocycles. The number of carbonyl (C=O) groups excluding carboxylic acids is 1. The van der Waals surface area contributed by atoms with E-state index in [-0.39, 0.29) is 29.9 Å². The molecule has 0 aliphatic rings. The van der Waals surface area contributed by atoms with E-state index >= 15 is 0 Å². The highest BCUT2D eigenvalue weighted by Gasteiger charge is 2.14. The molecule has 2 heterocycles. The molecule has 1 amide bonds. The maximum absolute atomic E-state index is 13.1. The maximum atomic E-state index is 13.1. The van der Waals surface area contributed by atoms with Gasteiger partial charge < -0.3 is 5.32 Å². The maximum Gasteiger partial charge on any atom is 0.271 e. The lowest BCUT2D eigenvalue weighted by Crippen LogP contribution is -2.33. The molecule has 2 aromatic carbocycles. The second-order valence-corrected chi connectivity index (χ2v) is 8.34. The lowest BCUT2D eigenvalue weighted by Gasteiger charge is -2.14. The van der Waals surface area contributed by atoms with Crippen molar-refractivity contribution in [2.75, 3.05) is 0 Å². The Balaban J connectivity index is 1.53. The highest BCUT2D eigenvalue weighted by atomic mass is 35.5. The van der Waals surface area contributed by atoms with Gasteiger partial charge in [-0.05, 0) is 48.4 Å². The molecule has 0 radical (unpaired) electrons. The van der Waals surface area contributed by atoms with Crippen molar-refractivity contribution in [1.82, 2.24) is 14.9 Å². The molecule has 5 nitrogen and oxygen atoms in total. The number of aromatic nitrogens is 2. The predicted octanol–water partition coefficient (Wildman–Crippen LogP) is 4.79. The zero-order valence-corrected chi connectivity index (χ0v) is 17.5. The fourth-order valence-electron chi connectivity index (χ4n) is 3.09. The highest BCUT2D eigenvalue weighted by molar-refractivity contribution is 7.22. The summed E-state index contributed by atoms with van der Waals surface area (Å²) in [5, 5.41) is 3.46. The number of nitrogens with one attached hydrogen (secondary N) is 1. The van der Waals surface area contributed by atoms with Gasteiger partial charge in [0.05, 0.1) is 17.9 Å². The Bertz CT molecular complexity index is 1270. The molecule has 0 spiro atoms. The van der Waals surface area contributed by atoms with Gasteiger partial charge in [0.2, 0.25) is 5.91 Å². The molecule has 0 saturated heterocycles. The van der Waals surface area contributed by atoms with Crippen LogP contribution in [-0.4, -0.2) is 15.5 Å². The third kappa shape index (κ3) is 4.27. The Labute approximate surface area is 180 Å². The van der Waals surface area contributed by atoms with Crippen LogP contribution in [0.5, 0.6) is 0 Å². The van der Waals surface area contributed by atoms with Gasteiger partial charge in [-0.3, -0.25) is 14.2 Å². The van der Waals surface area contributed by atoms with E-state index in [0.29, 0.717) is 15.2 Å². The molecule has 0 fully saturated rings. The number of thiophene rings is 1. The minimum absolute atomic E-state index is 0.151. The van der Waals surface area contributed by atoms with E-state index in [1.165, 1.54) is 34.4 Å². The Kier molecular flexibility index (Phi) is 5.65. The van der Waals surface area contributed by atoms with Crippen molar-refractivity contribution in [3.05, 3.63) is 87.7 Å². The number of benzene rings is 2. The number of nitrogens with zero attached hydrogens (tertiary/aromatic N) is 2. The average molecular weight is 442 g/mol. The lowest BCUT2D eigenvalue weighted by atomic mass is 10.1. The molecule has 152 valence electrons. The quantitative estimate of drug-likeness (QED) is 0.484. The van der Waals surface area contributed by atoms with Crippen LogP contribution in [0.25, 0.3) is 20.7 Å². The van der Waals surface area contributed by atoms with Gasteiger partial charge in [-0.25, -0.2) is 9.37 Å². The molecule has 0 saturated carbocycles. The molecule has 0 bridgehead atoms. The number of halogens is 2. The summed E-state index contributed by atoms with van der Waals surface area (Å²) in [6.45, 7) is 1.65. The van der Waals surface area contributed by atoms with Crippen LogP contribution in [0.4, 0.5) is 4.39 Å². The minimum Gasteiger partial charge on any atom is -0.348 e. The first kappa shape index (κ1) is 20.3. The van der Waals surface area contributed by atoms with Gasteiger partial charge in [0.15, 0.2) is 0 Å². The van der Waals surface area contributed by atoms with Gasteiger partial charge in [0.25, 0.3) is 5.56 Å². The van der Waals surface area contributed by atoms with Crippen molar-refractivity contribution < 1.29 is 9.18 Å². The average Bonchev–Trinajstić information content (AvgIpc) is 3.16. The van der Waals surface area contributed by atoms with Crippen LogP contribution in [0, 0.1) is 5.82 Å². The molecule has 0 aliphatic carbocycles. The SMILES string of the molecule is CC(NC(=O)Cn1cnc2cc(-c3ccc(Cl)cc3)sc2c1=O)c1ccc(F)cc1. The zero-order valence-electron chi connectivity index (χ0n) is 15.9. The van der Waals surface area contributed by atoms with E-state index in [1.807, 2.05) is 18.2 Å². The van der Waals surface area contributed by atoms with E-state index in [0.717, 1.165) is 16.0 Å². The van der Waals surface area contributed by atoms with Crippen LogP contribution in [0.2, 0.25) is 5.02 Å². The second kappa shape index (κ2) is 8.38. The third-order valence-corrected chi connectivity index (χ3v) is 6.11. The van der Waals surface area contributed by atoms with Crippen LogP contribution < -0.4 is 10.9 Å². The summed E-state index contributed by atoms with van der Waals surface area (Å²) in [6, 6.07) is 14.8. The smallest absolute Gasteiger partial charge is 0.271 e. The topological polar surface area (TPSA) is 64.0 Å². The van der Waals surface area contributed by atoms with Gasteiger partial charge in [-0.15, -0.1) is 11.3 Å². The van der Waals surface area contributed by atoms with Crippen molar-refractivity contribution >= 4 is 39.1 Å². The first-order valence-electron chi connectivity index (χ1n) is 9.20. The van der Waals surface area contributed by atoms with Gasteiger partial charge in [-0.2, -0.15) is 0 Å². The molecule has 1 atom stereocenters. The molecular weight excluding hydrogens is 425 g/mol. The van der Waals surface area contributed by atoms with Crippen molar-refractivity contribution in [3.8, 4) is 10.4 Å². The number of hydrogen-bond acceptors (Lipinski definition) is 4. The van der Waals surface area contributed by atoms with Gasteiger partial charge in [-0.1, -0.05) is 35.9 Å². The summed E-state index contributed by atoms with van der Waals surface area (Å²) in [6.07, 6.45) is 1.38. The summed E-state index contributed by atoms with van der Waals surface area (Å²) in [5.74, 6) is -0.665. The molecule has 1 N–H and O–H groups in total. The first-order chi connectivity index (χ1) is 14.4. The van der Waals surface area contributed by atoms with Gasteiger partial charge in [0, 0.05) is 9.90 Å². The van der Waals surface area contributed by atoms with Crippen molar-refractivity contribution in [3.63, 3.8) is 0 Å². The van der Waals surface area contributed by atoms with Crippen molar-refractivity contribution in [2.24, 2.45) is 0 Å². The summed E-state index contributed by atoms with van der Waals surface area (Å²) in [7, 11) is 0. The lowest BCUT2D eigenvalue weighted by molar-refractivity contribution is -0.122. The Morgan fingerprint density at radius 2 is 1.90 bits per heavy atom. The minimum atomic E-state index is -0.336. The molecule has 30 heavy (non-hydrogen) atoms. The normalized spacial score (nSPS) is 12.1. The summed E-state index contributed by atoms with van der Waals surface area (Å²) in [5.41, 5.74) is 2.04. The number of carbonyl (C=O) groups is 1. The van der Waals surface area contributed by atoms with E-state index in [4.69, 9.17) is 11.6 Å². The fraction of sp³-hybridized carbons (Fsp3) is 0.136. The summed E-state index contributed by atoms with van der Waals surface area (Å²) >= 11 is 7.27. The predicted molar refractivity (Wildman–Crippen MR) is 117 cm³/mol. The van der Waals surface area contributed by atoms with Crippen LogP contribution in [-0.2, 0) is 11.3 Å². The summed E-state index contributed by atoms with van der Waals surface area (Å²) in [4.78, 5) is 30.5. The zero-order chi connectivity index (χ0) is 21.3. The van der Waals surface area contributed by atoms with Gasteiger partial charge >= 0.3 is 0 Å². The van der Waals surface area contributed by atoms with Crippen molar-refractivity contribution in [1.29, 1.82) is 0 Å². The fourth-order valence-corrected chi connectivity index (χ4v) is 4.28. The van der Waals surface area contributed by atoms with Crippen LogP contribution in [0.3, 0.4) is 0 Å². The number of amides is 1. The van der Waals surface area contributed by atoms with Crippen LogP contribution >= 0.6 is 22.9 Å². The van der Waals surface area contributed by atoms with Gasteiger partial charge in [0.1, 0.15) is 17.1 Å². The Morgan fingerprint density at radius 1 is 1.20 bits per heavy atom. The molecule has 4 aromatic rings. The monoisotopic (exact) mass is 441 g/mol. The van der Waals surface area contributed by atoms with Crippen molar-refractivity contribution in [2.45, 2.75) is 19.5 Å². The molecular formula is C22H17ClFN3O2S. The van der Waals surface area contributed by atoms with Crippen LogP contribution in [0.15, 0.2) is 65.7 Å². The standard InChI is InChI=1S/C22H17ClFN3O2S/c1-13(14-4-8-17(24)9-5-14)26-20(28)11-27-12-25-18-10-19(30-21(18)22(27)29)15-2-6-16(23)7-3-15/h2-10,12-13H,11H2,1H3,(H,26,28). The van der Waals surface area contributed by atoms with E-state index in [1.54, 1.807) is 31.2 Å². The molecule has 0 aliphatic heterocycles.